The Hall–Kier alpha value is -0.410. The minimum atomic E-state index is -0.317. The van der Waals surface area contributed by atoms with Crippen molar-refractivity contribution in [3.63, 3.8) is 0 Å². The highest BCUT2D eigenvalue weighted by Crippen LogP contribution is 2.44. The lowest BCUT2D eigenvalue weighted by Gasteiger charge is -2.33. The maximum atomic E-state index is 13.2. The van der Waals surface area contributed by atoms with Gasteiger partial charge in [0.2, 0.25) is 0 Å². The van der Waals surface area contributed by atoms with Gasteiger partial charge in [0.15, 0.2) is 0 Å². The molecular formula is C15H20BrFO. The van der Waals surface area contributed by atoms with Crippen molar-refractivity contribution in [1.29, 1.82) is 0 Å². The second kappa shape index (κ2) is 5.70. The Morgan fingerprint density at radius 3 is 2.61 bits per heavy atom. The molecule has 2 rings (SSSR count). The monoisotopic (exact) mass is 314 g/mol. The number of hydrogen-bond acceptors (Lipinski definition) is 1. The van der Waals surface area contributed by atoms with Gasteiger partial charge in [-0.1, -0.05) is 25.8 Å². The van der Waals surface area contributed by atoms with Crippen LogP contribution in [0.2, 0.25) is 0 Å². The predicted molar refractivity (Wildman–Crippen MR) is 75.0 cm³/mol. The Morgan fingerprint density at radius 2 is 2.06 bits per heavy atom. The number of halogens is 2. The molecule has 1 atom stereocenters. The number of aliphatic hydroxyl groups excluding tert-OH is 1. The average Bonchev–Trinajstić information content (AvgIpc) is 2.84. The third-order valence-electron chi connectivity index (χ3n) is 4.42. The van der Waals surface area contributed by atoms with E-state index < -0.39 is 0 Å². The van der Waals surface area contributed by atoms with Gasteiger partial charge in [-0.15, -0.1) is 0 Å². The molecule has 1 aromatic rings. The summed E-state index contributed by atoms with van der Waals surface area (Å²) in [6.45, 7) is 2.16. The smallest absolute Gasteiger partial charge is 0.137 e. The molecule has 0 radical (unpaired) electrons. The van der Waals surface area contributed by atoms with Crippen LogP contribution >= 0.6 is 15.9 Å². The van der Waals surface area contributed by atoms with Crippen LogP contribution < -0.4 is 0 Å². The highest BCUT2D eigenvalue weighted by atomic mass is 79.9. The fourth-order valence-electron chi connectivity index (χ4n) is 3.11. The van der Waals surface area contributed by atoms with Crippen molar-refractivity contribution < 1.29 is 9.50 Å². The Bertz CT molecular complexity index is 413. The summed E-state index contributed by atoms with van der Waals surface area (Å²) in [6, 6.07) is 5.00. The van der Waals surface area contributed by atoms with E-state index in [0.717, 1.165) is 24.8 Å². The SMILES string of the molecule is CCC1(C(O)Cc2ccc(F)c(Br)c2)CCCC1. The fraction of sp³-hybridized carbons (Fsp3) is 0.600. The van der Waals surface area contributed by atoms with Crippen molar-refractivity contribution in [1.82, 2.24) is 0 Å². The minimum Gasteiger partial charge on any atom is -0.392 e. The van der Waals surface area contributed by atoms with Gasteiger partial charge in [0.05, 0.1) is 10.6 Å². The van der Waals surface area contributed by atoms with Crippen molar-refractivity contribution in [2.75, 3.05) is 0 Å². The van der Waals surface area contributed by atoms with E-state index in [0.29, 0.717) is 10.9 Å². The molecule has 0 spiro atoms. The highest BCUT2D eigenvalue weighted by Gasteiger charge is 2.38. The van der Waals surface area contributed by atoms with E-state index in [1.165, 1.54) is 18.9 Å². The van der Waals surface area contributed by atoms with E-state index >= 15 is 0 Å². The van der Waals surface area contributed by atoms with E-state index in [-0.39, 0.29) is 17.3 Å². The molecule has 100 valence electrons. The van der Waals surface area contributed by atoms with Gasteiger partial charge < -0.3 is 5.11 Å². The number of hydrogen-bond donors (Lipinski definition) is 1. The molecule has 1 aliphatic carbocycles. The summed E-state index contributed by atoms with van der Waals surface area (Å²) in [5.41, 5.74) is 1.08. The van der Waals surface area contributed by atoms with Crippen molar-refractivity contribution in [2.45, 2.75) is 51.6 Å². The first kappa shape index (κ1) is 14.0. The zero-order valence-corrected chi connectivity index (χ0v) is 12.3. The van der Waals surface area contributed by atoms with Gasteiger partial charge in [0.25, 0.3) is 0 Å². The van der Waals surface area contributed by atoms with Crippen molar-refractivity contribution in [2.24, 2.45) is 5.41 Å². The quantitative estimate of drug-likeness (QED) is 0.869. The van der Waals surface area contributed by atoms with E-state index in [4.69, 9.17) is 0 Å². The Kier molecular flexibility index (Phi) is 4.44. The van der Waals surface area contributed by atoms with Crippen molar-refractivity contribution >= 4 is 15.9 Å². The van der Waals surface area contributed by atoms with Crippen LogP contribution in [0.1, 0.15) is 44.6 Å². The molecule has 1 saturated carbocycles. The summed E-state index contributed by atoms with van der Waals surface area (Å²) in [5, 5.41) is 10.5. The lowest BCUT2D eigenvalue weighted by molar-refractivity contribution is 0.0257. The third kappa shape index (κ3) is 2.77. The van der Waals surface area contributed by atoms with Gasteiger partial charge in [-0.2, -0.15) is 0 Å². The first-order chi connectivity index (χ1) is 8.57. The standard InChI is InChI=1S/C15H20BrFO/c1-2-15(7-3-4-8-15)14(18)10-11-5-6-13(17)12(16)9-11/h5-6,9,14,18H,2-4,7-8,10H2,1H3. The molecule has 0 aliphatic heterocycles. The first-order valence-electron chi connectivity index (χ1n) is 6.69. The zero-order valence-electron chi connectivity index (χ0n) is 10.8. The van der Waals surface area contributed by atoms with E-state index in [1.807, 2.05) is 0 Å². The Morgan fingerprint density at radius 1 is 1.39 bits per heavy atom. The lowest BCUT2D eigenvalue weighted by atomic mass is 9.76. The predicted octanol–water partition coefficient (Wildman–Crippen LogP) is 4.46. The van der Waals surface area contributed by atoms with Gasteiger partial charge in [-0.25, -0.2) is 4.39 Å². The van der Waals surface area contributed by atoms with Crippen molar-refractivity contribution in [3.8, 4) is 0 Å². The largest absolute Gasteiger partial charge is 0.392 e. The maximum Gasteiger partial charge on any atom is 0.137 e. The first-order valence-corrected chi connectivity index (χ1v) is 7.49. The molecule has 0 amide bonds. The van der Waals surface area contributed by atoms with Gasteiger partial charge in [0, 0.05) is 0 Å². The second-order valence-corrected chi connectivity index (χ2v) is 6.25. The number of rotatable bonds is 4. The fourth-order valence-corrected chi connectivity index (χ4v) is 3.53. The highest BCUT2D eigenvalue weighted by molar-refractivity contribution is 9.10. The molecule has 0 bridgehead atoms. The molecule has 0 aromatic heterocycles. The van der Waals surface area contributed by atoms with Crippen LogP contribution in [0, 0.1) is 11.2 Å². The topological polar surface area (TPSA) is 20.2 Å². The third-order valence-corrected chi connectivity index (χ3v) is 5.03. The molecule has 0 saturated heterocycles. The summed E-state index contributed by atoms with van der Waals surface area (Å²) in [4.78, 5) is 0. The van der Waals surface area contributed by atoms with Crippen LogP contribution in [0.25, 0.3) is 0 Å². The molecule has 1 aliphatic rings. The Labute approximate surface area is 117 Å². The van der Waals surface area contributed by atoms with E-state index in [1.54, 1.807) is 12.1 Å². The summed E-state index contributed by atoms with van der Waals surface area (Å²) < 4.78 is 13.6. The van der Waals surface area contributed by atoms with Crippen LogP contribution in [-0.2, 0) is 6.42 Å². The van der Waals surface area contributed by atoms with E-state index in [2.05, 4.69) is 22.9 Å². The summed E-state index contributed by atoms with van der Waals surface area (Å²) in [7, 11) is 0. The molecule has 1 nitrogen and oxygen atoms in total. The molecule has 0 heterocycles. The maximum absolute atomic E-state index is 13.2. The van der Waals surface area contributed by atoms with Gasteiger partial charge in [0.1, 0.15) is 5.82 Å². The number of aliphatic hydroxyl groups is 1. The van der Waals surface area contributed by atoms with Crippen LogP contribution in [-0.4, -0.2) is 11.2 Å². The minimum absolute atomic E-state index is 0.0842. The molecule has 1 N–H and O–H groups in total. The Balaban J connectivity index is 2.10. The van der Waals surface area contributed by atoms with Crippen LogP contribution in [0.4, 0.5) is 4.39 Å². The summed E-state index contributed by atoms with van der Waals surface area (Å²) in [6.07, 6.45) is 6.00. The number of benzene rings is 1. The molecule has 1 aromatic carbocycles. The normalized spacial score (nSPS) is 20.0. The van der Waals surface area contributed by atoms with Gasteiger partial charge in [-0.05, 0) is 64.7 Å². The van der Waals surface area contributed by atoms with Gasteiger partial charge in [-0.3, -0.25) is 0 Å². The average molecular weight is 315 g/mol. The summed E-state index contributed by atoms with van der Waals surface area (Å²) >= 11 is 3.19. The molecule has 18 heavy (non-hydrogen) atoms. The van der Waals surface area contributed by atoms with Crippen LogP contribution in [0.5, 0.6) is 0 Å². The molecule has 3 heteroatoms. The lowest BCUT2D eigenvalue weighted by Crippen LogP contribution is -2.33. The van der Waals surface area contributed by atoms with Gasteiger partial charge >= 0.3 is 0 Å². The van der Waals surface area contributed by atoms with Crippen LogP contribution in [0.15, 0.2) is 22.7 Å². The molecular weight excluding hydrogens is 295 g/mol. The zero-order chi connectivity index (χ0) is 13.2. The molecule has 1 unspecified atom stereocenters. The van der Waals surface area contributed by atoms with E-state index in [9.17, 15) is 9.50 Å². The van der Waals surface area contributed by atoms with Crippen LogP contribution in [0.3, 0.4) is 0 Å². The van der Waals surface area contributed by atoms with Crippen molar-refractivity contribution in [3.05, 3.63) is 34.1 Å². The molecule has 1 fully saturated rings. The second-order valence-electron chi connectivity index (χ2n) is 5.39. The summed E-state index contributed by atoms with van der Waals surface area (Å²) in [5.74, 6) is -0.251.